The van der Waals surface area contributed by atoms with E-state index in [9.17, 15) is 20.1 Å². The van der Waals surface area contributed by atoms with E-state index in [1.54, 1.807) is 25.1 Å². The minimum atomic E-state index is -1.50. The summed E-state index contributed by atoms with van der Waals surface area (Å²) in [4.78, 5) is 11.5. The molecule has 184 valence electrons. The van der Waals surface area contributed by atoms with Crippen molar-refractivity contribution >= 4 is 23.5 Å². The maximum Gasteiger partial charge on any atom is 0.508 e. The molecule has 1 saturated heterocycles. The lowest BCUT2D eigenvalue weighted by Gasteiger charge is -2.40. The van der Waals surface area contributed by atoms with Gasteiger partial charge in [0.15, 0.2) is 0 Å². The van der Waals surface area contributed by atoms with Gasteiger partial charge in [-0.2, -0.15) is 0 Å². The molecule has 4 N–H and O–H groups in total. The Morgan fingerprint density at radius 3 is 2.38 bits per heavy atom. The second kappa shape index (κ2) is 11.8. The Bertz CT molecular complexity index is 997. The van der Waals surface area contributed by atoms with Crippen LogP contribution in [-0.2, 0) is 20.6 Å². The van der Waals surface area contributed by atoms with Gasteiger partial charge in [-0.05, 0) is 48.1 Å². The molecule has 2 aromatic rings. The number of aliphatic hydroxyl groups excluding tert-OH is 3. The van der Waals surface area contributed by atoms with Crippen molar-refractivity contribution < 1.29 is 34.3 Å². The molecule has 0 saturated carbocycles. The van der Waals surface area contributed by atoms with Crippen molar-refractivity contribution in [2.45, 2.75) is 57.2 Å². The van der Waals surface area contributed by atoms with Crippen LogP contribution < -0.4 is 0 Å². The monoisotopic (exact) mass is 491 g/mol. The van der Waals surface area contributed by atoms with Gasteiger partial charge in [0.05, 0.1) is 6.61 Å². The molecule has 0 unspecified atom stereocenters. The predicted octanol–water partition coefficient (Wildman–Crippen LogP) is 3.40. The van der Waals surface area contributed by atoms with Crippen LogP contribution >= 0.6 is 11.6 Å². The predicted molar refractivity (Wildman–Crippen MR) is 126 cm³/mol. The molecule has 1 aliphatic rings. The minimum Gasteiger partial charge on any atom is -0.435 e. The average Bonchev–Trinajstić information content (AvgIpc) is 2.84. The number of benzene rings is 2. The highest BCUT2D eigenvalue weighted by molar-refractivity contribution is 6.31. The Kier molecular flexibility index (Phi) is 9.04. The van der Waals surface area contributed by atoms with Crippen molar-refractivity contribution in [3.63, 3.8) is 0 Å². The number of ether oxygens (including phenoxy) is 3. The van der Waals surface area contributed by atoms with E-state index in [0.717, 1.165) is 16.7 Å². The quantitative estimate of drug-likeness (QED) is 0.329. The number of aliphatic hydroxyl groups is 3. The van der Waals surface area contributed by atoms with E-state index in [4.69, 9.17) is 31.2 Å². The third kappa shape index (κ3) is 6.14. The topological polar surface area (TPSA) is 129 Å². The van der Waals surface area contributed by atoms with Gasteiger partial charge in [0.2, 0.25) is 0 Å². The molecule has 0 bridgehead atoms. The SMILES string of the molecule is CCOC(=O)OC[C@H]1O[C@@H](c2ccc(Cl)c(Cc3ccc(C(=N)CC)cc3)c2)[C@H](O)[C@@H](O)[C@@H]1O. The fraction of sp³-hybridized carbons (Fsp3) is 0.440. The van der Waals surface area contributed by atoms with Gasteiger partial charge in [-0.15, -0.1) is 0 Å². The van der Waals surface area contributed by atoms with E-state index in [0.29, 0.717) is 29.1 Å². The van der Waals surface area contributed by atoms with E-state index in [2.05, 4.69) is 0 Å². The van der Waals surface area contributed by atoms with Crippen molar-refractivity contribution in [3.8, 4) is 0 Å². The third-order valence-electron chi connectivity index (χ3n) is 5.79. The van der Waals surface area contributed by atoms with Crippen LogP contribution in [0.3, 0.4) is 0 Å². The summed E-state index contributed by atoms with van der Waals surface area (Å²) >= 11 is 6.42. The molecule has 8 nitrogen and oxygen atoms in total. The van der Waals surface area contributed by atoms with Gasteiger partial charge in [0.1, 0.15) is 37.1 Å². The first-order chi connectivity index (χ1) is 16.2. The minimum absolute atomic E-state index is 0.133. The highest BCUT2D eigenvalue weighted by Gasteiger charge is 2.44. The van der Waals surface area contributed by atoms with Gasteiger partial charge in [-0.25, -0.2) is 4.79 Å². The average molecular weight is 492 g/mol. The van der Waals surface area contributed by atoms with Crippen LogP contribution in [0, 0.1) is 5.41 Å². The first kappa shape index (κ1) is 26.1. The Morgan fingerprint density at radius 2 is 1.74 bits per heavy atom. The molecule has 0 radical (unpaired) electrons. The van der Waals surface area contributed by atoms with Gasteiger partial charge >= 0.3 is 6.16 Å². The summed E-state index contributed by atoms with van der Waals surface area (Å²) in [5.74, 6) is 0. The van der Waals surface area contributed by atoms with Crippen LogP contribution in [0.2, 0.25) is 5.02 Å². The summed E-state index contributed by atoms with van der Waals surface area (Å²) < 4.78 is 15.5. The lowest BCUT2D eigenvalue weighted by atomic mass is 9.90. The maximum atomic E-state index is 11.5. The lowest BCUT2D eigenvalue weighted by molar-refractivity contribution is -0.232. The largest absolute Gasteiger partial charge is 0.508 e. The van der Waals surface area contributed by atoms with Gasteiger partial charge in [0.25, 0.3) is 0 Å². The standard InChI is InChI=1S/C25H30ClNO7/c1-3-19(27)15-7-5-14(6-8-15)11-17-12-16(9-10-18(17)26)24-23(30)22(29)21(28)20(34-24)13-33-25(31)32-4-2/h5-10,12,20-24,27-30H,3-4,11,13H2,1-2H3/t20-,21-,22+,23-,24+/m1/s1. The second-order valence-corrected chi connectivity index (χ2v) is 8.52. The number of halogens is 1. The summed E-state index contributed by atoms with van der Waals surface area (Å²) in [6.07, 6.45) is -6.14. The van der Waals surface area contributed by atoms with Crippen molar-refractivity contribution in [2.24, 2.45) is 0 Å². The molecule has 1 aliphatic heterocycles. The Labute approximate surface area is 203 Å². The van der Waals surface area contributed by atoms with E-state index in [1.165, 1.54) is 0 Å². The molecule has 0 aromatic heterocycles. The van der Waals surface area contributed by atoms with Crippen LogP contribution in [0.1, 0.15) is 48.6 Å². The number of nitrogens with one attached hydrogen (secondary N) is 1. The summed E-state index contributed by atoms with van der Waals surface area (Å²) in [6, 6.07) is 12.8. The fourth-order valence-electron chi connectivity index (χ4n) is 3.83. The van der Waals surface area contributed by atoms with E-state index >= 15 is 0 Å². The van der Waals surface area contributed by atoms with Crippen LogP contribution in [0.25, 0.3) is 0 Å². The van der Waals surface area contributed by atoms with Crippen LogP contribution in [0.15, 0.2) is 42.5 Å². The Balaban J connectivity index is 1.78. The van der Waals surface area contributed by atoms with Gasteiger partial charge in [-0.1, -0.05) is 54.9 Å². The zero-order chi connectivity index (χ0) is 24.8. The smallest absolute Gasteiger partial charge is 0.435 e. The molecule has 1 fully saturated rings. The van der Waals surface area contributed by atoms with E-state index < -0.39 is 36.7 Å². The summed E-state index contributed by atoms with van der Waals surface area (Å²) in [5.41, 5.74) is 3.77. The molecule has 0 aliphatic carbocycles. The second-order valence-electron chi connectivity index (χ2n) is 8.12. The first-order valence-electron chi connectivity index (χ1n) is 11.2. The van der Waals surface area contributed by atoms with Crippen LogP contribution in [0.4, 0.5) is 4.79 Å². The van der Waals surface area contributed by atoms with Crippen molar-refractivity contribution in [1.29, 1.82) is 5.41 Å². The zero-order valence-electron chi connectivity index (χ0n) is 19.1. The molecule has 2 aromatic carbocycles. The molecule has 34 heavy (non-hydrogen) atoms. The van der Waals surface area contributed by atoms with Crippen LogP contribution in [0.5, 0.6) is 0 Å². The molecule has 3 rings (SSSR count). The van der Waals surface area contributed by atoms with Crippen LogP contribution in [-0.4, -0.2) is 64.8 Å². The normalized spacial score (nSPS) is 24.5. The maximum absolute atomic E-state index is 11.5. The van der Waals surface area contributed by atoms with Gasteiger partial charge in [0, 0.05) is 10.7 Å². The molecule has 9 heteroatoms. The number of carbonyl (C=O) groups is 1. The Morgan fingerprint density at radius 1 is 1.03 bits per heavy atom. The summed E-state index contributed by atoms with van der Waals surface area (Å²) in [5, 5.41) is 39.7. The Hall–Kier alpha value is -2.49. The highest BCUT2D eigenvalue weighted by atomic mass is 35.5. The van der Waals surface area contributed by atoms with E-state index in [1.807, 2.05) is 31.2 Å². The number of carbonyl (C=O) groups excluding carboxylic acids is 1. The first-order valence-corrected chi connectivity index (χ1v) is 11.6. The molecule has 0 spiro atoms. The summed E-state index contributed by atoms with van der Waals surface area (Å²) in [6.45, 7) is 3.35. The molecular formula is C25H30ClNO7. The van der Waals surface area contributed by atoms with Crippen molar-refractivity contribution in [3.05, 3.63) is 69.7 Å². The highest BCUT2D eigenvalue weighted by Crippen LogP contribution is 2.34. The molecular weight excluding hydrogens is 462 g/mol. The third-order valence-corrected chi connectivity index (χ3v) is 6.16. The zero-order valence-corrected chi connectivity index (χ0v) is 19.9. The lowest BCUT2D eigenvalue weighted by Crippen LogP contribution is -2.55. The molecule has 1 heterocycles. The van der Waals surface area contributed by atoms with Crippen molar-refractivity contribution in [1.82, 2.24) is 0 Å². The molecule has 0 amide bonds. The van der Waals surface area contributed by atoms with Gasteiger partial charge < -0.3 is 34.9 Å². The number of hydrogen-bond donors (Lipinski definition) is 4. The fourth-order valence-corrected chi connectivity index (χ4v) is 4.01. The van der Waals surface area contributed by atoms with Crippen molar-refractivity contribution in [2.75, 3.05) is 13.2 Å². The number of rotatable bonds is 8. The number of hydrogen-bond acceptors (Lipinski definition) is 8. The van der Waals surface area contributed by atoms with Gasteiger partial charge in [-0.3, -0.25) is 0 Å². The summed E-state index contributed by atoms with van der Waals surface area (Å²) in [7, 11) is 0. The van der Waals surface area contributed by atoms with E-state index in [-0.39, 0.29) is 13.2 Å². The molecule has 5 atom stereocenters.